The average molecular weight is 340 g/mol. The fourth-order valence-corrected chi connectivity index (χ4v) is 2.50. The van der Waals surface area contributed by atoms with Crippen molar-refractivity contribution in [1.29, 1.82) is 0 Å². The van der Waals surface area contributed by atoms with Gasteiger partial charge in [0.15, 0.2) is 5.82 Å². The number of ether oxygens (including phenoxy) is 1. The third-order valence-corrected chi connectivity index (χ3v) is 3.79. The molecule has 0 amide bonds. The van der Waals surface area contributed by atoms with Crippen molar-refractivity contribution in [3.63, 3.8) is 0 Å². The van der Waals surface area contributed by atoms with E-state index in [0.717, 1.165) is 17.7 Å². The van der Waals surface area contributed by atoms with Gasteiger partial charge >= 0.3 is 5.97 Å². The Balaban J connectivity index is 2.09. The number of carbonyl (C=O) groups excluding carboxylic acids is 1. The van der Waals surface area contributed by atoms with E-state index in [1.54, 1.807) is 0 Å². The smallest absolute Gasteiger partial charge is 0.311 e. The van der Waals surface area contributed by atoms with Crippen molar-refractivity contribution < 1.29 is 13.9 Å². The summed E-state index contributed by atoms with van der Waals surface area (Å²) in [6.07, 6.45) is 2.01. The van der Waals surface area contributed by atoms with Crippen LogP contribution in [-0.2, 0) is 22.4 Å². The van der Waals surface area contributed by atoms with Crippen LogP contribution >= 0.6 is 0 Å². The van der Waals surface area contributed by atoms with Gasteiger partial charge in [-0.3, -0.25) is 9.20 Å². The minimum Gasteiger partial charge on any atom is -0.469 e. The Bertz CT molecular complexity index is 949. The summed E-state index contributed by atoms with van der Waals surface area (Å²) in [5.74, 6) is -0.569. The summed E-state index contributed by atoms with van der Waals surface area (Å²) in [6.45, 7) is 2.03. The molecule has 6 nitrogen and oxygen atoms in total. The first-order chi connectivity index (χ1) is 12.1. The number of carbonyl (C=O) groups is 1. The molecule has 3 aromatic rings. The third-order valence-electron chi connectivity index (χ3n) is 3.79. The van der Waals surface area contributed by atoms with E-state index in [9.17, 15) is 9.18 Å². The second-order valence-corrected chi connectivity index (χ2v) is 5.39. The van der Waals surface area contributed by atoms with Crippen LogP contribution in [0.3, 0.4) is 0 Å². The summed E-state index contributed by atoms with van der Waals surface area (Å²) in [6, 6.07) is 10.5. The number of hydrogen-bond donors (Lipinski definition) is 0. The number of hydrogen-bond acceptors (Lipinski definition) is 5. The summed E-state index contributed by atoms with van der Waals surface area (Å²) in [5, 5.41) is 8.54. The van der Waals surface area contributed by atoms with Crippen molar-refractivity contribution in [3.05, 3.63) is 59.7 Å². The van der Waals surface area contributed by atoms with Gasteiger partial charge < -0.3 is 4.74 Å². The fourth-order valence-electron chi connectivity index (χ4n) is 2.50. The second-order valence-electron chi connectivity index (χ2n) is 5.39. The van der Waals surface area contributed by atoms with E-state index in [1.165, 1.54) is 29.8 Å². The molecule has 0 spiro atoms. The van der Waals surface area contributed by atoms with Gasteiger partial charge in [0, 0.05) is 6.20 Å². The van der Waals surface area contributed by atoms with Crippen LogP contribution in [0.2, 0.25) is 0 Å². The van der Waals surface area contributed by atoms with Crippen LogP contribution in [0.4, 0.5) is 15.9 Å². The van der Waals surface area contributed by atoms with Gasteiger partial charge in [0.1, 0.15) is 11.5 Å². The van der Waals surface area contributed by atoms with Gasteiger partial charge in [-0.1, -0.05) is 25.1 Å². The normalized spacial score (nSPS) is 11.3. The van der Waals surface area contributed by atoms with Gasteiger partial charge in [-0.15, -0.1) is 10.2 Å². The molecule has 0 aliphatic rings. The highest BCUT2D eigenvalue weighted by Crippen LogP contribution is 2.27. The first-order valence-electron chi connectivity index (χ1n) is 7.85. The summed E-state index contributed by atoms with van der Waals surface area (Å²) >= 11 is 0. The molecule has 0 atom stereocenters. The summed E-state index contributed by atoms with van der Waals surface area (Å²) in [4.78, 5) is 16.0. The van der Waals surface area contributed by atoms with Crippen molar-refractivity contribution >= 4 is 23.1 Å². The molecular weight excluding hydrogens is 323 g/mol. The first-order valence-corrected chi connectivity index (χ1v) is 7.85. The topological polar surface area (TPSA) is 68.3 Å². The molecule has 0 bridgehead atoms. The molecule has 0 saturated heterocycles. The van der Waals surface area contributed by atoms with Gasteiger partial charge in [-0.2, -0.15) is 0 Å². The first kappa shape index (κ1) is 16.8. The van der Waals surface area contributed by atoms with E-state index >= 15 is 0 Å². The van der Waals surface area contributed by atoms with Gasteiger partial charge in [0.2, 0.25) is 0 Å². The van der Waals surface area contributed by atoms with Gasteiger partial charge in [0.25, 0.3) is 0 Å². The molecule has 25 heavy (non-hydrogen) atoms. The number of fused-ring (bicyclic) bond motifs is 1. The van der Waals surface area contributed by atoms with E-state index < -0.39 is 11.8 Å². The number of imidazole rings is 1. The van der Waals surface area contributed by atoms with Gasteiger partial charge in [-0.05, 0) is 30.2 Å². The zero-order chi connectivity index (χ0) is 17.8. The average Bonchev–Trinajstić information content (AvgIpc) is 2.96. The molecular formula is C18H17FN4O2. The molecule has 1 aromatic carbocycles. The number of aryl methyl sites for hydroxylation is 1. The van der Waals surface area contributed by atoms with Gasteiger partial charge in [-0.25, -0.2) is 9.37 Å². The molecule has 0 unspecified atom stereocenters. The zero-order valence-electron chi connectivity index (χ0n) is 13.9. The van der Waals surface area contributed by atoms with E-state index in [4.69, 9.17) is 4.74 Å². The Morgan fingerprint density at radius 3 is 2.80 bits per heavy atom. The molecule has 0 saturated carbocycles. The lowest BCUT2D eigenvalue weighted by molar-refractivity contribution is -0.139. The van der Waals surface area contributed by atoms with E-state index in [-0.39, 0.29) is 6.42 Å². The molecule has 2 aromatic heterocycles. The molecule has 0 aliphatic carbocycles. The highest BCUT2D eigenvalue weighted by atomic mass is 19.1. The van der Waals surface area contributed by atoms with Crippen molar-refractivity contribution in [1.82, 2.24) is 9.38 Å². The molecule has 3 rings (SSSR count). The number of rotatable bonds is 5. The van der Waals surface area contributed by atoms with Crippen LogP contribution in [0.5, 0.6) is 0 Å². The minimum atomic E-state index is -0.450. The van der Waals surface area contributed by atoms with E-state index in [0.29, 0.717) is 17.2 Å². The minimum absolute atomic E-state index is 0.0659. The van der Waals surface area contributed by atoms with Crippen molar-refractivity contribution in [2.24, 2.45) is 10.2 Å². The SMILES string of the molecule is CCc1ccccc1N=Nc1c(CC(=O)OC)nc2ccc(F)cn12. The number of methoxy groups -OCH3 is 1. The van der Waals surface area contributed by atoms with Crippen LogP contribution in [0, 0.1) is 5.82 Å². The zero-order valence-corrected chi connectivity index (χ0v) is 13.9. The number of benzene rings is 1. The maximum Gasteiger partial charge on any atom is 0.311 e. The summed E-state index contributed by atoms with van der Waals surface area (Å²) in [5.41, 5.74) is 2.63. The quantitative estimate of drug-likeness (QED) is 0.517. The number of nitrogens with zero attached hydrogens (tertiary/aromatic N) is 4. The monoisotopic (exact) mass is 340 g/mol. The fraction of sp³-hybridized carbons (Fsp3) is 0.222. The number of esters is 1. The van der Waals surface area contributed by atoms with Gasteiger partial charge in [0.05, 0.1) is 24.9 Å². The highest BCUT2D eigenvalue weighted by Gasteiger charge is 2.16. The molecule has 7 heteroatoms. The Morgan fingerprint density at radius 2 is 2.04 bits per heavy atom. The van der Waals surface area contributed by atoms with E-state index in [1.807, 2.05) is 31.2 Å². The number of pyridine rings is 1. The van der Waals surface area contributed by atoms with E-state index in [2.05, 4.69) is 15.2 Å². The molecule has 0 fully saturated rings. The van der Waals surface area contributed by atoms with Crippen LogP contribution in [-0.4, -0.2) is 22.5 Å². The van der Waals surface area contributed by atoms with Crippen LogP contribution in [0.1, 0.15) is 18.2 Å². The number of halogens is 1. The van der Waals surface area contributed by atoms with Crippen LogP contribution in [0.25, 0.3) is 5.65 Å². The maximum absolute atomic E-state index is 13.6. The lowest BCUT2D eigenvalue weighted by Crippen LogP contribution is -2.04. The predicted molar refractivity (Wildman–Crippen MR) is 90.9 cm³/mol. The largest absolute Gasteiger partial charge is 0.469 e. The molecule has 0 N–H and O–H groups in total. The number of azo groups is 1. The summed E-state index contributed by atoms with van der Waals surface area (Å²) in [7, 11) is 1.30. The van der Waals surface area contributed by atoms with Crippen molar-refractivity contribution in [3.8, 4) is 0 Å². The predicted octanol–water partition coefficient (Wildman–Crippen LogP) is 4.17. The van der Waals surface area contributed by atoms with Crippen LogP contribution < -0.4 is 0 Å². The van der Waals surface area contributed by atoms with Crippen LogP contribution in [0.15, 0.2) is 52.8 Å². The lowest BCUT2D eigenvalue weighted by atomic mass is 10.1. The molecule has 128 valence electrons. The molecule has 2 heterocycles. The summed E-state index contributed by atoms with van der Waals surface area (Å²) < 4.78 is 19.8. The Hall–Kier alpha value is -3.09. The Morgan fingerprint density at radius 1 is 1.24 bits per heavy atom. The lowest BCUT2D eigenvalue weighted by Gasteiger charge is -2.02. The Kier molecular flexibility index (Phi) is 4.83. The third kappa shape index (κ3) is 3.55. The molecule has 0 aliphatic heterocycles. The molecule has 0 radical (unpaired) electrons. The highest BCUT2D eigenvalue weighted by molar-refractivity contribution is 5.74. The second kappa shape index (κ2) is 7.21. The van der Waals surface area contributed by atoms with Crippen molar-refractivity contribution in [2.45, 2.75) is 19.8 Å². The maximum atomic E-state index is 13.6. The van der Waals surface area contributed by atoms with Crippen molar-refractivity contribution in [2.75, 3.05) is 7.11 Å². The standard InChI is InChI=1S/C18H17FN4O2/c1-3-12-6-4-5-7-14(12)21-22-18-15(10-17(24)25-2)20-16-9-8-13(19)11-23(16)18/h4-9,11H,3,10H2,1-2H3. The Labute approximate surface area is 144 Å². The number of aromatic nitrogens is 2.